The number of hydrogen-bond acceptors (Lipinski definition) is 4. The van der Waals surface area contributed by atoms with Crippen molar-refractivity contribution >= 4 is 10.2 Å². The molecule has 0 atom stereocenters. The molecule has 0 spiro atoms. The molecule has 1 aliphatic heterocycles. The Kier molecular flexibility index (Phi) is 6.19. The highest BCUT2D eigenvalue weighted by molar-refractivity contribution is 7.86. The maximum Gasteiger partial charge on any atom is 0.282 e. The van der Waals surface area contributed by atoms with Gasteiger partial charge in [-0.2, -0.15) is 17.0 Å². The fourth-order valence-corrected chi connectivity index (χ4v) is 3.84. The molecule has 0 aromatic heterocycles. The van der Waals surface area contributed by atoms with Crippen LogP contribution in [0.1, 0.15) is 27.2 Å². The maximum absolute atomic E-state index is 12.5. The summed E-state index contributed by atoms with van der Waals surface area (Å²) >= 11 is 0. The monoisotopic (exact) mass is 293 g/mol. The number of rotatable bonds is 7. The third-order valence-corrected chi connectivity index (χ3v) is 5.52. The second-order valence-electron chi connectivity index (χ2n) is 5.47. The van der Waals surface area contributed by atoms with Gasteiger partial charge in [-0.25, -0.2) is 0 Å². The van der Waals surface area contributed by atoms with Gasteiger partial charge >= 0.3 is 0 Å². The van der Waals surface area contributed by atoms with Gasteiger partial charge in [0.15, 0.2) is 0 Å². The molecule has 6 nitrogen and oxygen atoms in total. The Morgan fingerprint density at radius 2 is 2.11 bits per heavy atom. The summed E-state index contributed by atoms with van der Waals surface area (Å²) in [6, 6.07) is 0. The fraction of sp³-hybridized carbons (Fsp3) is 1.00. The molecule has 0 bridgehead atoms. The topological polar surface area (TPSA) is 61.9 Å². The highest BCUT2D eigenvalue weighted by Crippen LogP contribution is 2.24. The summed E-state index contributed by atoms with van der Waals surface area (Å²) < 4.78 is 33.4. The van der Waals surface area contributed by atoms with Gasteiger partial charge in [0.2, 0.25) is 0 Å². The summed E-state index contributed by atoms with van der Waals surface area (Å²) in [4.78, 5) is 0. The zero-order valence-electron chi connectivity index (χ0n) is 12.5. The lowest BCUT2D eigenvalue weighted by Gasteiger charge is -2.42. The van der Waals surface area contributed by atoms with E-state index in [9.17, 15) is 8.42 Å². The molecular formula is C12H27N3O3S. The first-order chi connectivity index (χ1) is 8.82. The molecular weight excluding hydrogens is 266 g/mol. The number of hydrogen-bond donors (Lipinski definition) is 1. The van der Waals surface area contributed by atoms with Crippen molar-refractivity contribution in [2.24, 2.45) is 0 Å². The smallest absolute Gasteiger partial charge is 0.282 e. The fourth-order valence-electron chi connectivity index (χ4n) is 2.16. The van der Waals surface area contributed by atoms with E-state index in [1.165, 1.54) is 4.31 Å². The van der Waals surface area contributed by atoms with Crippen LogP contribution >= 0.6 is 0 Å². The summed E-state index contributed by atoms with van der Waals surface area (Å²) in [6.07, 6.45) is 0.814. The van der Waals surface area contributed by atoms with Gasteiger partial charge < -0.3 is 10.1 Å². The standard InChI is InChI=1S/C12H27N3O3S/c1-5-13-7-6-8-14(4)19(16,17)15-9-10-18-11-12(15,2)3/h13H,5-11H2,1-4H3. The van der Waals surface area contributed by atoms with Gasteiger partial charge in [-0.15, -0.1) is 0 Å². The highest BCUT2D eigenvalue weighted by atomic mass is 32.2. The Labute approximate surface area is 117 Å². The van der Waals surface area contributed by atoms with Gasteiger partial charge in [0.25, 0.3) is 10.2 Å². The Balaban J connectivity index is 2.62. The van der Waals surface area contributed by atoms with Crippen LogP contribution < -0.4 is 5.32 Å². The molecule has 114 valence electrons. The molecule has 0 aliphatic carbocycles. The van der Waals surface area contributed by atoms with Crippen molar-refractivity contribution in [1.82, 2.24) is 13.9 Å². The molecule has 1 heterocycles. The average molecular weight is 293 g/mol. The summed E-state index contributed by atoms with van der Waals surface area (Å²) in [5.74, 6) is 0. The zero-order chi connectivity index (χ0) is 14.5. The van der Waals surface area contributed by atoms with Crippen molar-refractivity contribution < 1.29 is 13.2 Å². The van der Waals surface area contributed by atoms with E-state index in [1.54, 1.807) is 11.4 Å². The zero-order valence-corrected chi connectivity index (χ0v) is 13.3. The van der Waals surface area contributed by atoms with Crippen molar-refractivity contribution in [2.45, 2.75) is 32.7 Å². The molecule has 1 saturated heterocycles. The molecule has 7 heteroatoms. The van der Waals surface area contributed by atoms with Crippen LogP contribution in [0.4, 0.5) is 0 Å². The van der Waals surface area contributed by atoms with Crippen LogP contribution in [-0.2, 0) is 14.9 Å². The minimum atomic E-state index is -3.40. The molecule has 0 aromatic rings. The largest absolute Gasteiger partial charge is 0.378 e. The quantitative estimate of drug-likeness (QED) is 0.685. The van der Waals surface area contributed by atoms with Gasteiger partial charge in [-0.1, -0.05) is 6.92 Å². The van der Waals surface area contributed by atoms with E-state index in [0.29, 0.717) is 26.3 Å². The highest BCUT2D eigenvalue weighted by Gasteiger charge is 2.40. The molecule has 0 unspecified atom stereocenters. The molecule has 1 rings (SSSR count). The molecule has 19 heavy (non-hydrogen) atoms. The molecule has 0 radical (unpaired) electrons. The molecule has 0 aromatic carbocycles. The second kappa shape index (κ2) is 6.99. The van der Waals surface area contributed by atoms with Crippen LogP contribution in [0, 0.1) is 0 Å². The van der Waals surface area contributed by atoms with Crippen molar-refractivity contribution in [3.8, 4) is 0 Å². The average Bonchev–Trinajstić information content (AvgIpc) is 2.33. The van der Waals surface area contributed by atoms with E-state index in [1.807, 2.05) is 20.8 Å². The SMILES string of the molecule is CCNCCCN(C)S(=O)(=O)N1CCOCC1(C)C. The predicted molar refractivity (Wildman–Crippen MR) is 76.3 cm³/mol. The third kappa shape index (κ3) is 4.39. The predicted octanol–water partition coefficient (Wildman–Crippen LogP) is 0.273. The second-order valence-corrected chi connectivity index (χ2v) is 7.43. The van der Waals surface area contributed by atoms with Crippen LogP contribution in [0.25, 0.3) is 0 Å². The van der Waals surface area contributed by atoms with Crippen LogP contribution in [0.2, 0.25) is 0 Å². The van der Waals surface area contributed by atoms with Crippen molar-refractivity contribution in [2.75, 3.05) is 46.4 Å². The van der Waals surface area contributed by atoms with E-state index in [2.05, 4.69) is 5.32 Å². The lowest BCUT2D eigenvalue weighted by molar-refractivity contribution is -0.0102. The van der Waals surface area contributed by atoms with E-state index in [4.69, 9.17) is 4.74 Å². The third-order valence-electron chi connectivity index (χ3n) is 3.32. The Bertz CT molecular complexity index is 370. The first-order valence-corrected chi connectivity index (χ1v) is 8.24. The summed E-state index contributed by atoms with van der Waals surface area (Å²) in [6.45, 7) is 9.44. The summed E-state index contributed by atoms with van der Waals surface area (Å²) in [5.41, 5.74) is -0.479. The van der Waals surface area contributed by atoms with Crippen molar-refractivity contribution in [1.29, 1.82) is 0 Å². The number of nitrogens with one attached hydrogen (secondary N) is 1. The van der Waals surface area contributed by atoms with E-state index in [-0.39, 0.29) is 0 Å². The van der Waals surface area contributed by atoms with Gasteiger partial charge in [0, 0.05) is 20.1 Å². The Morgan fingerprint density at radius 1 is 1.42 bits per heavy atom. The molecule has 0 amide bonds. The van der Waals surface area contributed by atoms with Crippen LogP contribution in [0.5, 0.6) is 0 Å². The molecule has 1 fully saturated rings. The van der Waals surface area contributed by atoms with Gasteiger partial charge in [-0.3, -0.25) is 0 Å². The molecule has 1 aliphatic rings. The number of morpholine rings is 1. The first kappa shape index (κ1) is 16.8. The maximum atomic E-state index is 12.5. The van der Waals surface area contributed by atoms with Crippen molar-refractivity contribution in [3.05, 3.63) is 0 Å². The van der Waals surface area contributed by atoms with Gasteiger partial charge in [0.05, 0.1) is 18.8 Å². The van der Waals surface area contributed by atoms with E-state index >= 15 is 0 Å². The number of nitrogens with zero attached hydrogens (tertiary/aromatic N) is 2. The minimum absolute atomic E-state index is 0.423. The Morgan fingerprint density at radius 3 is 2.68 bits per heavy atom. The van der Waals surface area contributed by atoms with E-state index < -0.39 is 15.7 Å². The summed E-state index contributed by atoms with van der Waals surface area (Å²) in [5, 5.41) is 3.20. The summed E-state index contributed by atoms with van der Waals surface area (Å²) in [7, 11) is -1.75. The van der Waals surface area contributed by atoms with Crippen molar-refractivity contribution in [3.63, 3.8) is 0 Å². The van der Waals surface area contributed by atoms with Crippen LogP contribution in [0.15, 0.2) is 0 Å². The Hall–Kier alpha value is -0.210. The lowest BCUT2D eigenvalue weighted by Crippen LogP contribution is -2.58. The van der Waals surface area contributed by atoms with E-state index in [0.717, 1.165) is 19.5 Å². The number of ether oxygens (including phenoxy) is 1. The minimum Gasteiger partial charge on any atom is -0.378 e. The normalized spacial score (nSPS) is 20.9. The molecule has 1 N–H and O–H groups in total. The first-order valence-electron chi connectivity index (χ1n) is 6.85. The molecule has 0 saturated carbocycles. The van der Waals surface area contributed by atoms with Crippen LogP contribution in [-0.4, -0.2) is 69.0 Å². The van der Waals surface area contributed by atoms with Gasteiger partial charge in [-0.05, 0) is 33.4 Å². The lowest BCUT2D eigenvalue weighted by atomic mass is 10.1. The van der Waals surface area contributed by atoms with Gasteiger partial charge in [0.1, 0.15) is 0 Å². The van der Waals surface area contributed by atoms with Crippen LogP contribution in [0.3, 0.4) is 0 Å².